The number of hydrogen-bond acceptors (Lipinski definition) is 3. The lowest BCUT2D eigenvalue weighted by atomic mass is 10.1. The molecular weight excluding hydrogens is 316 g/mol. The zero-order valence-corrected chi connectivity index (χ0v) is 14.7. The highest BCUT2D eigenvalue weighted by Crippen LogP contribution is 2.24. The first-order chi connectivity index (χ1) is 12.0. The van der Waals surface area contributed by atoms with Crippen molar-refractivity contribution in [2.75, 3.05) is 18.6 Å². The van der Waals surface area contributed by atoms with Crippen molar-refractivity contribution in [3.8, 4) is 5.75 Å². The second-order valence-electron chi connectivity index (χ2n) is 6.38. The van der Waals surface area contributed by atoms with E-state index in [0.717, 1.165) is 11.3 Å². The van der Waals surface area contributed by atoms with Crippen LogP contribution >= 0.6 is 0 Å². The topological polar surface area (TPSA) is 58.6 Å². The molecule has 1 N–H and O–H groups in total. The van der Waals surface area contributed by atoms with Crippen LogP contribution in [0.25, 0.3) is 0 Å². The van der Waals surface area contributed by atoms with Crippen LogP contribution in [0.1, 0.15) is 27.9 Å². The highest BCUT2D eigenvalue weighted by atomic mass is 16.5. The molecule has 1 fully saturated rings. The number of aryl methyl sites for hydroxylation is 2. The molecule has 130 valence electrons. The Labute approximate surface area is 147 Å². The van der Waals surface area contributed by atoms with E-state index in [9.17, 15) is 9.59 Å². The van der Waals surface area contributed by atoms with Crippen molar-refractivity contribution in [3.63, 3.8) is 0 Å². The van der Waals surface area contributed by atoms with Gasteiger partial charge in [-0.1, -0.05) is 12.1 Å². The minimum absolute atomic E-state index is 0.0270. The fourth-order valence-electron chi connectivity index (χ4n) is 2.98. The van der Waals surface area contributed by atoms with Gasteiger partial charge in [0.2, 0.25) is 5.91 Å². The van der Waals surface area contributed by atoms with Crippen molar-refractivity contribution in [2.45, 2.75) is 26.3 Å². The van der Waals surface area contributed by atoms with Crippen LogP contribution in [0.5, 0.6) is 5.75 Å². The van der Waals surface area contributed by atoms with E-state index in [4.69, 9.17) is 4.74 Å². The smallest absolute Gasteiger partial charge is 0.251 e. The molecule has 1 aliphatic heterocycles. The molecular formula is C20H22N2O3. The average molecular weight is 338 g/mol. The maximum Gasteiger partial charge on any atom is 0.251 e. The van der Waals surface area contributed by atoms with Gasteiger partial charge in [0.15, 0.2) is 0 Å². The standard InChI is InChI=1S/C20H22N2O3/c1-13-7-8-17(9-14(13)2)22-12-16(11-19(22)23)21-20(24)15-5-4-6-18(10-15)25-3/h4-10,16H,11-12H2,1-3H3,(H,21,24). The Morgan fingerprint density at radius 2 is 1.96 bits per heavy atom. The van der Waals surface area contributed by atoms with Gasteiger partial charge in [0.25, 0.3) is 5.91 Å². The summed E-state index contributed by atoms with van der Waals surface area (Å²) in [6.45, 7) is 4.56. The molecule has 5 nitrogen and oxygen atoms in total. The third-order valence-electron chi connectivity index (χ3n) is 4.59. The summed E-state index contributed by atoms with van der Waals surface area (Å²) in [6, 6.07) is 12.8. The summed E-state index contributed by atoms with van der Waals surface area (Å²) in [7, 11) is 1.56. The fourth-order valence-corrected chi connectivity index (χ4v) is 2.98. The molecule has 0 spiro atoms. The Morgan fingerprint density at radius 1 is 1.16 bits per heavy atom. The molecule has 2 aromatic carbocycles. The van der Waals surface area contributed by atoms with E-state index >= 15 is 0 Å². The van der Waals surface area contributed by atoms with Gasteiger partial charge in [-0.15, -0.1) is 0 Å². The second-order valence-corrected chi connectivity index (χ2v) is 6.38. The van der Waals surface area contributed by atoms with E-state index in [1.54, 1.807) is 36.3 Å². The van der Waals surface area contributed by atoms with Crippen molar-refractivity contribution >= 4 is 17.5 Å². The fraction of sp³-hybridized carbons (Fsp3) is 0.300. The average Bonchev–Trinajstić information content (AvgIpc) is 2.97. The molecule has 0 aliphatic carbocycles. The molecule has 0 saturated carbocycles. The van der Waals surface area contributed by atoms with Crippen LogP contribution in [0.15, 0.2) is 42.5 Å². The number of nitrogens with zero attached hydrogens (tertiary/aromatic N) is 1. The molecule has 5 heteroatoms. The minimum atomic E-state index is -0.201. The molecule has 25 heavy (non-hydrogen) atoms. The highest BCUT2D eigenvalue weighted by molar-refractivity contribution is 5.99. The van der Waals surface area contributed by atoms with E-state index in [0.29, 0.717) is 24.3 Å². The first-order valence-corrected chi connectivity index (χ1v) is 8.30. The lowest BCUT2D eigenvalue weighted by molar-refractivity contribution is -0.117. The summed E-state index contributed by atoms with van der Waals surface area (Å²) in [5.41, 5.74) is 3.75. The Hall–Kier alpha value is -2.82. The van der Waals surface area contributed by atoms with Crippen molar-refractivity contribution in [1.82, 2.24) is 5.32 Å². The van der Waals surface area contributed by atoms with E-state index in [2.05, 4.69) is 5.32 Å². The monoisotopic (exact) mass is 338 g/mol. The summed E-state index contributed by atoms with van der Waals surface area (Å²) >= 11 is 0. The van der Waals surface area contributed by atoms with E-state index < -0.39 is 0 Å². The molecule has 1 saturated heterocycles. The van der Waals surface area contributed by atoms with Crippen LogP contribution < -0.4 is 15.0 Å². The molecule has 0 aromatic heterocycles. The van der Waals surface area contributed by atoms with Gasteiger partial charge in [-0.2, -0.15) is 0 Å². The molecule has 1 heterocycles. The zero-order valence-electron chi connectivity index (χ0n) is 14.7. The largest absolute Gasteiger partial charge is 0.497 e. The maximum absolute atomic E-state index is 12.4. The number of benzene rings is 2. The molecule has 0 radical (unpaired) electrons. The van der Waals surface area contributed by atoms with Crippen molar-refractivity contribution in [1.29, 1.82) is 0 Å². The Morgan fingerprint density at radius 3 is 2.68 bits per heavy atom. The number of amides is 2. The zero-order chi connectivity index (χ0) is 18.0. The maximum atomic E-state index is 12.4. The third-order valence-corrected chi connectivity index (χ3v) is 4.59. The first kappa shape index (κ1) is 17.0. The summed E-state index contributed by atoms with van der Waals surface area (Å²) < 4.78 is 5.15. The van der Waals surface area contributed by atoms with Gasteiger partial charge in [0.05, 0.1) is 13.2 Å². The van der Waals surface area contributed by atoms with Crippen LogP contribution in [-0.2, 0) is 4.79 Å². The van der Waals surface area contributed by atoms with Crippen molar-refractivity contribution < 1.29 is 14.3 Å². The van der Waals surface area contributed by atoms with Gasteiger partial charge in [-0.25, -0.2) is 0 Å². The normalized spacial score (nSPS) is 16.8. The number of hydrogen-bond donors (Lipinski definition) is 1. The molecule has 2 amide bonds. The van der Waals surface area contributed by atoms with Crippen molar-refractivity contribution in [3.05, 3.63) is 59.2 Å². The van der Waals surface area contributed by atoms with Crippen LogP contribution in [0, 0.1) is 13.8 Å². The minimum Gasteiger partial charge on any atom is -0.497 e. The van der Waals surface area contributed by atoms with E-state index in [1.807, 2.05) is 32.0 Å². The number of methoxy groups -OCH3 is 1. The Balaban J connectivity index is 1.69. The number of anilines is 1. The SMILES string of the molecule is COc1cccc(C(=O)NC2CC(=O)N(c3ccc(C)c(C)c3)C2)c1. The molecule has 1 atom stereocenters. The lowest BCUT2D eigenvalue weighted by Gasteiger charge is -2.18. The number of ether oxygens (including phenoxy) is 1. The quantitative estimate of drug-likeness (QED) is 0.932. The highest BCUT2D eigenvalue weighted by Gasteiger charge is 2.31. The Bertz CT molecular complexity index is 816. The summed E-state index contributed by atoms with van der Waals surface area (Å²) in [5.74, 6) is 0.463. The van der Waals surface area contributed by atoms with Crippen LogP contribution in [0.4, 0.5) is 5.69 Å². The predicted octanol–water partition coefficient (Wildman–Crippen LogP) is 2.85. The Kier molecular flexibility index (Phi) is 4.74. The number of carbonyl (C=O) groups is 2. The third kappa shape index (κ3) is 3.65. The van der Waals surface area contributed by atoms with E-state index in [-0.39, 0.29) is 17.9 Å². The first-order valence-electron chi connectivity index (χ1n) is 8.30. The molecule has 1 aliphatic rings. The second kappa shape index (κ2) is 6.97. The molecule has 1 unspecified atom stereocenters. The number of rotatable bonds is 4. The lowest BCUT2D eigenvalue weighted by Crippen LogP contribution is -2.37. The summed E-state index contributed by atoms with van der Waals surface area (Å²) in [5, 5.41) is 2.95. The van der Waals surface area contributed by atoms with Crippen LogP contribution in [0.3, 0.4) is 0 Å². The molecule has 2 aromatic rings. The van der Waals surface area contributed by atoms with Gasteiger partial charge < -0.3 is 15.0 Å². The van der Waals surface area contributed by atoms with Gasteiger partial charge in [-0.3, -0.25) is 9.59 Å². The van der Waals surface area contributed by atoms with Crippen LogP contribution in [-0.4, -0.2) is 31.5 Å². The van der Waals surface area contributed by atoms with Gasteiger partial charge in [-0.05, 0) is 55.3 Å². The van der Waals surface area contributed by atoms with Gasteiger partial charge >= 0.3 is 0 Å². The van der Waals surface area contributed by atoms with E-state index in [1.165, 1.54) is 5.56 Å². The van der Waals surface area contributed by atoms with Gasteiger partial charge in [0, 0.05) is 24.2 Å². The number of nitrogens with one attached hydrogen (secondary N) is 1. The summed E-state index contributed by atoms with van der Waals surface area (Å²) in [6.07, 6.45) is 0.308. The summed E-state index contributed by atoms with van der Waals surface area (Å²) in [4.78, 5) is 26.5. The van der Waals surface area contributed by atoms with Gasteiger partial charge in [0.1, 0.15) is 5.75 Å². The molecule has 3 rings (SSSR count). The predicted molar refractivity (Wildman–Crippen MR) is 97.1 cm³/mol. The molecule has 0 bridgehead atoms. The van der Waals surface area contributed by atoms with Crippen molar-refractivity contribution in [2.24, 2.45) is 0 Å². The number of carbonyl (C=O) groups excluding carboxylic acids is 2. The van der Waals surface area contributed by atoms with Crippen LogP contribution in [0.2, 0.25) is 0 Å².